The molecule has 2 aromatic heterocycles. The van der Waals surface area contributed by atoms with Crippen LogP contribution in [0.2, 0.25) is 0 Å². The first kappa shape index (κ1) is 22.3. The Morgan fingerprint density at radius 2 is 1.68 bits per heavy atom. The van der Waals surface area contributed by atoms with Crippen LogP contribution in [-0.4, -0.2) is 70.2 Å². The number of nitrogens with zero attached hydrogens (tertiary/aromatic N) is 7. The molecule has 0 unspecified atom stereocenters. The van der Waals surface area contributed by atoms with Crippen LogP contribution in [0.1, 0.15) is 32.1 Å². The number of aromatic nitrogens is 4. The number of piperazine rings is 1. The van der Waals surface area contributed by atoms with Crippen LogP contribution >= 0.6 is 0 Å². The molecule has 0 spiro atoms. The molecule has 3 aromatic rings. The lowest BCUT2D eigenvalue weighted by atomic mass is 9.98. The van der Waals surface area contributed by atoms with Gasteiger partial charge in [0.1, 0.15) is 0 Å². The van der Waals surface area contributed by atoms with Gasteiger partial charge in [-0.05, 0) is 49.1 Å². The molecule has 0 radical (unpaired) electrons. The van der Waals surface area contributed by atoms with E-state index in [9.17, 15) is 4.79 Å². The summed E-state index contributed by atoms with van der Waals surface area (Å²) in [4.78, 5) is 32.2. The number of piperidine rings is 1. The van der Waals surface area contributed by atoms with E-state index in [0.717, 1.165) is 37.7 Å². The van der Waals surface area contributed by atoms with Crippen molar-refractivity contribution in [2.75, 3.05) is 49.1 Å². The van der Waals surface area contributed by atoms with E-state index >= 15 is 0 Å². The second-order valence-electron chi connectivity index (χ2n) is 9.14. The van der Waals surface area contributed by atoms with Crippen molar-refractivity contribution in [1.82, 2.24) is 25.0 Å². The molecule has 0 atom stereocenters. The SMILES string of the molecule is CC1CCN(c2ccc(-c3noc(CCC(=O)N4CCN(c5ncccn5)CC4)n3)cc2)CC1. The maximum Gasteiger partial charge on any atom is 0.227 e. The van der Waals surface area contributed by atoms with Crippen molar-refractivity contribution in [1.29, 1.82) is 0 Å². The third kappa shape index (κ3) is 5.18. The van der Waals surface area contributed by atoms with Gasteiger partial charge < -0.3 is 19.2 Å². The molecule has 2 aliphatic rings. The number of carbonyl (C=O) groups is 1. The predicted octanol–water partition coefficient (Wildman–Crippen LogP) is 3.04. The molecule has 9 heteroatoms. The van der Waals surface area contributed by atoms with Crippen LogP contribution in [0.3, 0.4) is 0 Å². The highest BCUT2D eigenvalue weighted by atomic mass is 16.5. The molecule has 34 heavy (non-hydrogen) atoms. The molecule has 2 aliphatic heterocycles. The van der Waals surface area contributed by atoms with Gasteiger partial charge in [0.25, 0.3) is 0 Å². The number of anilines is 2. The average Bonchev–Trinajstić information content (AvgIpc) is 3.38. The van der Waals surface area contributed by atoms with Crippen molar-refractivity contribution in [3.05, 3.63) is 48.6 Å². The number of benzene rings is 1. The van der Waals surface area contributed by atoms with Crippen LogP contribution in [0, 0.1) is 5.92 Å². The summed E-state index contributed by atoms with van der Waals surface area (Å²) in [5.41, 5.74) is 2.17. The van der Waals surface area contributed by atoms with Gasteiger partial charge in [-0.2, -0.15) is 4.98 Å². The highest BCUT2D eigenvalue weighted by Crippen LogP contribution is 2.25. The Morgan fingerprint density at radius 1 is 0.971 bits per heavy atom. The Morgan fingerprint density at radius 3 is 2.38 bits per heavy atom. The molecule has 1 aromatic carbocycles. The third-order valence-corrected chi connectivity index (χ3v) is 6.76. The third-order valence-electron chi connectivity index (χ3n) is 6.76. The van der Waals surface area contributed by atoms with Gasteiger partial charge in [0, 0.05) is 75.8 Å². The molecule has 0 saturated carbocycles. The van der Waals surface area contributed by atoms with Gasteiger partial charge in [-0.25, -0.2) is 9.97 Å². The second kappa shape index (κ2) is 10.2. The number of carbonyl (C=O) groups excluding carboxylic acids is 1. The van der Waals surface area contributed by atoms with Crippen LogP contribution in [0.25, 0.3) is 11.4 Å². The Kier molecular flexibility index (Phi) is 6.69. The quantitative estimate of drug-likeness (QED) is 0.553. The molecule has 0 N–H and O–H groups in total. The van der Waals surface area contributed by atoms with Gasteiger partial charge in [-0.1, -0.05) is 12.1 Å². The number of hydrogen-bond acceptors (Lipinski definition) is 8. The van der Waals surface area contributed by atoms with Gasteiger partial charge in [-0.15, -0.1) is 0 Å². The fraction of sp³-hybridized carbons (Fsp3) is 0.480. The first-order valence-electron chi connectivity index (χ1n) is 12.1. The minimum atomic E-state index is 0.105. The number of rotatable bonds is 6. The van der Waals surface area contributed by atoms with Crippen LogP contribution in [0.4, 0.5) is 11.6 Å². The summed E-state index contributed by atoms with van der Waals surface area (Å²) in [6.45, 7) is 7.32. The molecule has 1 amide bonds. The van der Waals surface area contributed by atoms with Crippen LogP contribution < -0.4 is 9.80 Å². The number of amides is 1. The van der Waals surface area contributed by atoms with Crippen LogP contribution in [0.5, 0.6) is 0 Å². The van der Waals surface area contributed by atoms with Crippen molar-refractivity contribution in [3.63, 3.8) is 0 Å². The highest BCUT2D eigenvalue weighted by Gasteiger charge is 2.23. The van der Waals surface area contributed by atoms with E-state index in [1.165, 1.54) is 18.5 Å². The summed E-state index contributed by atoms with van der Waals surface area (Å²) in [5, 5.41) is 4.13. The Balaban J connectivity index is 1.11. The van der Waals surface area contributed by atoms with Crippen molar-refractivity contribution in [3.8, 4) is 11.4 Å². The Hall–Kier alpha value is -3.49. The fourth-order valence-electron chi connectivity index (χ4n) is 4.54. The summed E-state index contributed by atoms with van der Waals surface area (Å²) in [5.74, 6) is 2.69. The minimum absolute atomic E-state index is 0.105. The van der Waals surface area contributed by atoms with Crippen LogP contribution in [-0.2, 0) is 11.2 Å². The molecular weight excluding hydrogens is 430 g/mol. The molecule has 178 valence electrons. The molecule has 0 bridgehead atoms. The molecular formula is C25H31N7O2. The summed E-state index contributed by atoms with van der Waals surface area (Å²) in [6, 6.07) is 10.2. The normalized spacial score (nSPS) is 17.3. The zero-order valence-corrected chi connectivity index (χ0v) is 19.6. The van der Waals surface area contributed by atoms with Gasteiger partial charge >= 0.3 is 0 Å². The summed E-state index contributed by atoms with van der Waals surface area (Å²) < 4.78 is 5.42. The van der Waals surface area contributed by atoms with Crippen LogP contribution in [0.15, 0.2) is 47.2 Å². The largest absolute Gasteiger partial charge is 0.372 e. The zero-order valence-electron chi connectivity index (χ0n) is 19.6. The van der Waals surface area contributed by atoms with Crippen molar-refractivity contribution in [2.45, 2.75) is 32.6 Å². The summed E-state index contributed by atoms with van der Waals surface area (Å²) in [7, 11) is 0. The van der Waals surface area contributed by atoms with Gasteiger partial charge in [0.05, 0.1) is 0 Å². The van der Waals surface area contributed by atoms with Crippen molar-refractivity contribution >= 4 is 17.5 Å². The number of hydrogen-bond donors (Lipinski definition) is 0. The number of aryl methyl sites for hydroxylation is 1. The van der Waals surface area contributed by atoms with E-state index in [1.54, 1.807) is 18.5 Å². The maximum atomic E-state index is 12.7. The molecule has 0 aliphatic carbocycles. The predicted molar refractivity (Wildman–Crippen MR) is 129 cm³/mol. The monoisotopic (exact) mass is 461 g/mol. The highest BCUT2D eigenvalue weighted by molar-refractivity contribution is 5.76. The summed E-state index contributed by atoms with van der Waals surface area (Å²) >= 11 is 0. The van der Waals surface area contributed by atoms with Gasteiger partial charge in [0.2, 0.25) is 23.6 Å². The van der Waals surface area contributed by atoms with E-state index in [1.807, 2.05) is 17.0 Å². The topological polar surface area (TPSA) is 91.5 Å². The molecule has 5 rings (SSSR count). The molecule has 2 saturated heterocycles. The van der Waals surface area contributed by atoms with E-state index < -0.39 is 0 Å². The first-order valence-corrected chi connectivity index (χ1v) is 12.1. The average molecular weight is 462 g/mol. The second-order valence-corrected chi connectivity index (χ2v) is 9.14. The summed E-state index contributed by atoms with van der Waals surface area (Å²) in [6.07, 6.45) is 6.76. The van der Waals surface area contributed by atoms with E-state index in [2.05, 4.69) is 49.0 Å². The van der Waals surface area contributed by atoms with E-state index in [0.29, 0.717) is 43.6 Å². The lowest BCUT2D eigenvalue weighted by Crippen LogP contribution is -2.49. The Bertz CT molecular complexity index is 1070. The van der Waals surface area contributed by atoms with Gasteiger partial charge in [-0.3, -0.25) is 4.79 Å². The van der Waals surface area contributed by atoms with E-state index in [-0.39, 0.29) is 5.91 Å². The lowest BCUT2D eigenvalue weighted by Gasteiger charge is -2.34. The fourth-order valence-corrected chi connectivity index (χ4v) is 4.54. The van der Waals surface area contributed by atoms with Gasteiger partial charge in [0.15, 0.2) is 0 Å². The molecule has 9 nitrogen and oxygen atoms in total. The van der Waals surface area contributed by atoms with Crippen molar-refractivity contribution in [2.24, 2.45) is 5.92 Å². The first-order chi connectivity index (χ1) is 16.7. The minimum Gasteiger partial charge on any atom is -0.372 e. The maximum absolute atomic E-state index is 12.7. The zero-order chi connectivity index (χ0) is 23.3. The standard InChI is InChI=1S/C25H31N7O2/c1-19-9-13-30(14-10-19)21-5-3-20(4-6-21)24-28-22(34-29-24)7-8-23(33)31-15-17-32(18-16-31)25-26-11-2-12-27-25/h2-6,11-12,19H,7-10,13-18H2,1H3. The Labute approximate surface area is 199 Å². The van der Waals surface area contributed by atoms with Crippen molar-refractivity contribution < 1.29 is 9.32 Å². The lowest BCUT2D eigenvalue weighted by molar-refractivity contribution is -0.131. The van der Waals surface area contributed by atoms with E-state index in [4.69, 9.17) is 4.52 Å². The molecule has 2 fully saturated rings. The molecule has 4 heterocycles. The smallest absolute Gasteiger partial charge is 0.227 e.